The van der Waals surface area contributed by atoms with Crippen LogP contribution in [0.3, 0.4) is 0 Å². The lowest BCUT2D eigenvalue weighted by molar-refractivity contribution is 0.0827. The molecule has 43 heavy (non-hydrogen) atoms. The molecule has 5 aromatic rings. The van der Waals surface area contributed by atoms with Crippen LogP contribution in [0, 0.1) is 5.82 Å². The molecule has 4 heterocycles. The van der Waals surface area contributed by atoms with Crippen LogP contribution < -0.4 is 16.4 Å². The Kier molecular flexibility index (Phi) is 7.06. The van der Waals surface area contributed by atoms with E-state index in [-0.39, 0.29) is 28.4 Å². The van der Waals surface area contributed by atoms with Crippen LogP contribution in [0.2, 0.25) is 0 Å². The molecule has 1 saturated carbocycles. The normalized spacial score (nSPS) is 12.9. The second kappa shape index (κ2) is 10.9. The molecule has 6 rings (SSSR count). The van der Waals surface area contributed by atoms with Gasteiger partial charge in [0.15, 0.2) is 0 Å². The van der Waals surface area contributed by atoms with Crippen LogP contribution in [-0.4, -0.2) is 54.3 Å². The first-order valence-corrected chi connectivity index (χ1v) is 13.6. The minimum atomic E-state index is -0.602. The summed E-state index contributed by atoms with van der Waals surface area (Å²) in [5.41, 5.74) is 1.37. The molecule has 12 heteroatoms. The molecule has 1 aromatic carbocycles. The highest BCUT2D eigenvalue weighted by Gasteiger charge is 2.25. The van der Waals surface area contributed by atoms with E-state index in [2.05, 4.69) is 20.4 Å². The van der Waals surface area contributed by atoms with Crippen LogP contribution in [0.5, 0.6) is 0 Å². The molecule has 0 bridgehead atoms. The molecule has 2 N–H and O–H groups in total. The Morgan fingerprint density at radius 3 is 2.56 bits per heavy atom. The summed E-state index contributed by atoms with van der Waals surface area (Å²) in [7, 11) is 4.76. The minimum Gasteiger partial charge on any atom is -0.392 e. The molecular weight excluding hydrogens is 553 g/mol. The largest absolute Gasteiger partial charge is 0.392 e. The fourth-order valence-electron chi connectivity index (χ4n) is 5.07. The molecule has 0 saturated heterocycles. The number of benzene rings is 1. The number of hydrogen-bond acceptors (Lipinski definition) is 8. The number of nitrogens with one attached hydrogen (secondary N) is 1. The summed E-state index contributed by atoms with van der Waals surface area (Å²) >= 11 is 0. The summed E-state index contributed by atoms with van der Waals surface area (Å²) in [5.74, 6) is -0.0228. The zero-order valence-electron chi connectivity index (χ0n) is 23.7. The summed E-state index contributed by atoms with van der Waals surface area (Å²) in [5, 5.41) is 18.2. The van der Waals surface area contributed by atoms with E-state index in [0.717, 1.165) is 23.1 Å². The van der Waals surface area contributed by atoms with Crippen LogP contribution in [0.4, 0.5) is 15.9 Å². The number of pyridine rings is 3. The lowest BCUT2D eigenvalue weighted by Crippen LogP contribution is -2.24. The fourth-order valence-corrected chi connectivity index (χ4v) is 5.07. The third-order valence-corrected chi connectivity index (χ3v) is 7.47. The van der Waals surface area contributed by atoms with Crippen molar-refractivity contribution in [3.63, 3.8) is 0 Å². The van der Waals surface area contributed by atoms with Gasteiger partial charge in [0.1, 0.15) is 23.1 Å². The van der Waals surface area contributed by atoms with E-state index in [0.29, 0.717) is 33.9 Å². The number of amides is 1. The topological polar surface area (TPSA) is 135 Å². The average molecular weight is 582 g/mol. The Morgan fingerprint density at radius 2 is 1.88 bits per heavy atom. The highest BCUT2D eigenvalue weighted by molar-refractivity contribution is 5.93. The smallest absolute Gasteiger partial charge is 0.290 e. The standard InChI is InChI=1S/C31H28FN7O4/c1-37(2)29(41)19-6-7-26(34-15-19)35-25-14-24(36-38(3)30(25)42)21-8-10-33-28(22(21)16-40)39-11-9-18-12-20(17-4-5-17)13-23(32)27(18)31(39)43/h6-15,17,40H,4-5,16H2,1-3H3,(H,34,35). The van der Waals surface area contributed by atoms with E-state index >= 15 is 4.39 Å². The fraction of sp³-hybridized carbons (Fsp3) is 0.226. The number of halogens is 1. The zero-order valence-corrected chi connectivity index (χ0v) is 23.7. The van der Waals surface area contributed by atoms with Gasteiger partial charge in [0.05, 0.1) is 23.3 Å². The van der Waals surface area contributed by atoms with Gasteiger partial charge >= 0.3 is 0 Å². The number of fused-ring (bicyclic) bond motifs is 1. The number of nitrogens with zero attached hydrogens (tertiary/aromatic N) is 6. The molecule has 0 radical (unpaired) electrons. The van der Waals surface area contributed by atoms with Crippen molar-refractivity contribution in [2.24, 2.45) is 7.05 Å². The molecule has 0 aliphatic heterocycles. The van der Waals surface area contributed by atoms with Crippen molar-refractivity contribution in [3.8, 4) is 17.1 Å². The number of aliphatic hydroxyl groups is 1. The molecule has 11 nitrogen and oxygen atoms in total. The first-order valence-electron chi connectivity index (χ1n) is 13.6. The average Bonchev–Trinajstić information content (AvgIpc) is 3.85. The maximum Gasteiger partial charge on any atom is 0.290 e. The van der Waals surface area contributed by atoms with Gasteiger partial charge in [-0.3, -0.25) is 19.0 Å². The van der Waals surface area contributed by atoms with Gasteiger partial charge in [-0.15, -0.1) is 0 Å². The van der Waals surface area contributed by atoms with Gasteiger partial charge < -0.3 is 15.3 Å². The summed E-state index contributed by atoms with van der Waals surface area (Å²) in [6.45, 7) is -0.512. The lowest BCUT2D eigenvalue weighted by Gasteiger charge is -2.16. The SMILES string of the molecule is CN(C)C(=O)c1ccc(Nc2cc(-c3ccnc(-n4ccc5cc(C6CC6)cc(F)c5c4=O)c3CO)nn(C)c2=O)nc1. The Morgan fingerprint density at radius 1 is 1.09 bits per heavy atom. The van der Waals surface area contributed by atoms with Crippen molar-refractivity contribution in [1.82, 2.24) is 29.2 Å². The molecule has 0 unspecified atom stereocenters. The number of anilines is 2. The number of hydrogen-bond donors (Lipinski definition) is 2. The number of carbonyl (C=O) groups is 1. The number of aliphatic hydroxyl groups excluding tert-OH is 1. The Bertz CT molecular complexity index is 2010. The van der Waals surface area contributed by atoms with E-state index in [9.17, 15) is 19.5 Å². The van der Waals surface area contributed by atoms with Crippen LogP contribution >= 0.6 is 0 Å². The highest BCUT2D eigenvalue weighted by atomic mass is 19.1. The van der Waals surface area contributed by atoms with E-state index in [4.69, 9.17) is 0 Å². The van der Waals surface area contributed by atoms with Crippen molar-refractivity contribution in [2.75, 3.05) is 19.4 Å². The number of aryl methyl sites for hydroxylation is 1. The number of carbonyl (C=O) groups excluding carboxylic acids is 1. The molecular formula is C31H28FN7O4. The third-order valence-electron chi connectivity index (χ3n) is 7.47. The van der Waals surface area contributed by atoms with Crippen LogP contribution in [-0.2, 0) is 13.7 Å². The third kappa shape index (κ3) is 5.17. The van der Waals surface area contributed by atoms with Crippen molar-refractivity contribution >= 4 is 28.2 Å². The Hall–Kier alpha value is -5.23. The minimum absolute atomic E-state index is 0.0551. The number of aromatic nitrogens is 5. The zero-order chi connectivity index (χ0) is 30.4. The van der Waals surface area contributed by atoms with Gasteiger partial charge in [-0.25, -0.2) is 19.0 Å². The quantitative estimate of drug-likeness (QED) is 0.298. The molecule has 1 aliphatic rings. The summed E-state index contributed by atoms with van der Waals surface area (Å²) in [6, 6.07) is 11.2. The summed E-state index contributed by atoms with van der Waals surface area (Å²) < 4.78 is 17.5. The Labute approximate surface area is 244 Å². The van der Waals surface area contributed by atoms with Gasteiger partial charge in [-0.05, 0) is 66.1 Å². The van der Waals surface area contributed by atoms with Crippen molar-refractivity contribution in [3.05, 3.63) is 104 Å². The predicted octanol–water partition coefficient (Wildman–Crippen LogP) is 3.50. The van der Waals surface area contributed by atoms with Crippen molar-refractivity contribution < 1.29 is 14.3 Å². The molecule has 4 aromatic heterocycles. The second-order valence-electron chi connectivity index (χ2n) is 10.7. The first-order chi connectivity index (χ1) is 20.7. The van der Waals surface area contributed by atoms with E-state index in [1.165, 1.54) is 47.2 Å². The van der Waals surface area contributed by atoms with E-state index in [1.54, 1.807) is 38.4 Å². The van der Waals surface area contributed by atoms with Crippen molar-refractivity contribution in [2.45, 2.75) is 25.4 Å². The van der Waals surface area contributed by atoms with Gasteiger partial charge in [0.25, 0.3) is 17.0 Å². The van der Waals surface area contributed by atoms with Gasteiger partial charge in [0, 0.05) is 50.9 Å². The van der Waals surface area contributed by atoms with Crippen LogP contribution in [0.25, 0.3) is 27.8 Å². The van der Waals surface area contributed by atoms with Gasteiger partial charge in [-0.2, -0.15) is 5.10 Å². The predicted molar refractivity (Wildman–Crippen MR) is 159 cm³/mol. The Balaban J connectivity index is 1.40. The molecule has 0 spiro atoms. The second-order valence-corrected chi connectivity index (χ2v) is 10.7. The molecule has 1 amide bonds. The first kappa shape index (κ1) is 27.9. The van der Waals surface area contributed by atoms with Crippen LogP contribution in [0.15, 0.2) is 70.6 Å². The number of rotatable bonds is 7. The molecule has 0 atom stereocenters. The van der Waals surface area contributed by atoms with Gasteiger partial charge in [0.2, 0.25) is 0 Å². The summed E-state index contributed by atoms with van der Waals surface area (Å²) in [4.78, 5) is 48.7. The van der Waals surface area contributed by atoms with E-state index in [1.807, 2.05) is 6.07 Å². The molecule has 218 valence electrons. The van der Waals surface area contributed by atoms with Crippen LogP contribution in [0.1, 0.15) is 40.2 Å². The maximum absolute atomic E-state index is 15.2. The molecule has 1 aliphatic carbocycles. The lowest BCUT2D eigenvalue weighted by atomic mass is 10.0. The van der Waals surface area contributed by atoms with E-state index < -0.39 is 23.5 Å². The summed E-state index contributed by atoms with van der Waals surface area (Å²) in [6.07, 6.45) is 6.40. The highest BCUT2D eigenvalue weighted by Crippen LogP contribution is 2.41. The monoisotopic (exact) mass is 581 g/mol. The maximum atomic E-state index is 15.2. The van der Waals surface area contributed by atoms with Gasteiger partial charge in [-0.1, -0.05) is 6.07 Å². The van der Waals surface area contributed by atoms with Crippen molar-refractivity contribution in [1.29, 1.82) is 0 Å². The molecule has 1 fully saturated rings.